The fourth-order valence-corrected chi connectivity index (χ4v) is 2.51. The summed E-state index contributed by atoms with van der Waals surface area (Å²) in [6.45, 7) is 1.83. The van der Waals surface area contributed by atoms with Crippen LogP contribution in [0.25, 0.3) is 16.6 Å². The molecule has 0 saturated heterocycles. The van der Waals surface area contributed by atoms with Gasteiger partial charge in [-0.25, -0.2) is 9.07 Å². The van der Waals surface area contributed by atoms with Crippen molar-refractivity contribution in [1.82, 2.24) is 9.78 Å². The minimum absolute atomic E-state index is 0.356. The van der Waals surface area contributed by atoms with E-state index in [1.54, 1.807) is 30.3 Å². The number of fused-ring (bicyclic) bond motifs is 1. The SMILES string of the molecule is Cc1nn(-c2cccc(C#N)c2)c2c(F)c(Br)ccc12. The molecule has 5 heteroatoms. The van der Waals surface area contributed by atoms with Gasteiger partial charge in [-0.05, 0) is 53.2 Å². The van der Waals surface area contributed by atoms with Crippen molar-refractivity contribution in [1.29, 1.82) is 5.26 Å². The number of nitrogens with zero attached hydrogens (tertiary/aromatic N) is 3. The molecular weight excluding hydrogens is 321 g/mol. The maximum Gasteiger partial charge on any atom is 0.163 e. The number of halogens is 2. The van der Waals surface area contributed by atoms with Crippen molar-refractivity contribution in [3.8, 4) is 11.8 Å². The van der Waals surface area contributed by atoms with E-state index in [0.29, 0.717) is 21.2 Å². The van der Waals surface area contributed by atoms with Crippen molar-refractivity contribution in [3.63, 3.8) is 0 Å². The highest BCUT2D eigenvalue weighted by Gasteiger charge is 2.15. The highest BCUT2D eigenvalue weighted by Crippen LogP contribution is 2.29. The first-order valence-electron chi connectivity index (χ1n) is 5.95. The third kappa shape index (κ3) is 1.89. The molecule has 3 nitrogen and oxygen atoms in total. The van der Waals surface area contributed by atoms with Gasteiger partial charge in [-0.1, -0.05) is 6.07 Å². The van der Waals surface area contributed by atoms with Gasteiger partial charge in [-0.3, -0.25) is 0 Å². The van der Waals surface area contributed by atoms with Crippen LogP contribution in [0.4, 0.5) is 4.39 Å². The molecule has 1 aromatic heterocycles. The van der Waals surface area contributed by atoms with Gasteiger partial charge in [-0.2, -0.15) is 10.4 Å². The number of rotatable bonds is 1. The van der Waals surface area contributed by atoms with Gasteiger partial charge in [0.05, 0.1) is 27.5 Å². The van der Waals surface area contributed by atoms with Crippen LogP contribution < -0.4 is 0 Å². The van der Waals surface area contributed by atoms with Crippen molar-refractivity contribution in [2.24, 2.45) is 0 Å². The van der Waals surface area contributed by atoms with Crippen molar-refractivity contribution in [3.05, 3.63) is 57.9 Å². The van der Waals surface area contributed by atoms with E-state index >= 15 is 0 Å². The van der Waals surface area contributed by atoms with Crippen LogP contribution in [0.1, 0.15) is 11.3 Å². The van der Waals surface area contributed by atoms with Gasteiger partial charge < -0.3 is 0 Å². The predicted octanol–water partition coefficient (Wildman–Crippen LogP) is 4.11. The molecule has 0 atom stereocenters. The quantitative estimate of drug-likeness (QED) is 0.674. The summed E-state index contributed by atoms with van der Waals surface area (Å²) in [4.78, 5) is 0. The van der Waals surface area contributed by atoms with Gasteiger partial charge in [0.2, 0.25) is 0 Å². The van der Waals surface area contributed by atoms with Gasteiger partial charge in [0.15, 0.2) is 5.82 Å². The number of nitriles is 1. The molecule has 0 radical (unpaired) electrons. The zero-order valence-electron chi connectivity index (χ0n) is 10.6. The average Bonchev–Trinajstić information content (AvgIpc) is 2.81. The first kappa shape index (κ1) is 12.8. The third-order valence-electron chi connectivity index (χ3n) is 3.14. The van der Waals surface area contributed by atoms with Gasteiger partial charge in [0.1, 0.15) is 5.52 Å². The predicted molar refractivity (Wildman–Crippen MR) is 78.2 cm³/mol. The molecule has 0 fully saturated rings. The summed E-state index contributed by atoms with van der Waals surface area (Å²) in [6, 6.07) is 12.5. The topological polar surface area (TPSA) is 41.6 Å². The molecule has 0 aliphatic rings. The maximum atomic E-state index is 14.4. The molecule has 0 unspecified atom stereocenters. The monoisotopic (exact) mass is 329 g/mol. The zero-order chi connectivity index (χ0) is 14.3. The van der Waals surface area contributed by atoms with E-state index in [2.05, 4.69) is 27.1 Å². The Kier molecular flexibility index (Phi) is 3.03. The van der Waals surface area contributed by atoms with Gasteiger partial charge in [0, 0.05) is 5.39 Å². The molecule has 0 spiro atoms. The molecule has 2 aromatic carbocycles. The first-order chi connectivity index (χ1) is 9.61. The first-order valence-corrected chi connectivity index (χ1v) is 6.75. The molecule has 1 heterocycles. The summed E-state index contributed by atoms with van der Waals surface area (Å²) in [5.74, 6) is -0.356. The molecule has 0 bridgehead atoms. The third-order valence-corrected chi connectivity index (χ3v) is 3.75. The summed E-state index contributed by atoms with van der Waals surface area (Å²) in [5.41, 5.74) is 2.33. The second-order valence-corrected chi connectivity index (χ2v) is 5.27. The van der Waals surface area contributed by atoms with Crippen LogP contribution in [0.15, 0.2) is 40.9 Å². The Morgan fingerprint density at radius 1 is 1.30 bits per heavy atom. The molecule has 0 saturated carbocycles. The molecule has 3 rings (SSSR count). The lowest BCUT2D eigenvalue weighted by Crippen LogP contribution is -1.98. The van der Waals surface area contributed by atoms with Crippen LogP contribution >= 0.6 is 15.9 Å². The summed E-state index contributed by atoms with van der Waals surface area (Å²) < 4.78 is 16.3. The van der Waals surface area contributed by atoms with Crippen molar-refractivity contribution < 1.29 is 4.39 Å². The van der Waals surface area contributed by atoms with Crippen LogP contribution in [0.2, 0.25) is 0 Å². The Balaban J connectivity index is 2.37. The Hall–Kier alpha value is -2.19. The summed E-state index contributed by atoms with van der Waals surface area (Å²) in [7, 11) is 0. The average molecular weight is 330 g/mol. The number of aromatic nitrogens is 2. The second-order valence-electron chi connectivity index (χ2n) is 4.42. The van der Waals surface area contributed by atoms with Crippen LogP contribution in [0.5, 0.6) is 0 Å². The lowest BCUT2D eigenvalue weighted by Gasteiger charge is -2.05. The standard InChI is InChI=1S/C15H9BrFN3/c1-9-12-5-6-13(16)14(17)15(12)20(19-9)11-4-2-3-10(7-11)8-18/h2-7H,1H3. The fourth-order valence-electron chi connectivity index (χ4n) is 2.19. The van der Waals surface area contributed by atoms with E-state index in [1.807, 2.05) is 13.0 Å². The fraction of sp³-hybridized carbons (Fsp3) is 0.0667. The molecule has 0 amide bonds. The number of hydrogen-bond donors (Lipinski definition) is 0. The Morgan fingerprint density at radius 2 is 2.10 bits per heavy atom. The molecule has 20 heavy (non-hydrogen) atoms. The van der Waals surface area contributed by atoms with Crippen molar-refractivity contribution in [2.45, 2.75) is 6.92 Å². The Bertz CT molecular complexity index is 861. The summed E-state index contributed by atoms with van der Waals surface area (Å²) in [5, 5.41) is 14.1. The van der Waals surface area contributed by atoms with E-state index in [0.717, 1.165) is 11.1 Å². The molecule has 3 aromatic rings. The smallest absolute Gasteiger partial charge is 0.163 e. The Morgan fingerprint density at radius 3 is 2.85 bits per heavy atom. The highest BCUT2D eigenvalue weighted by atomic mass is 79.9. The van der Waals surface area contributed by atoms with Crippen LogP contribution in [0.3, 0.4) is 0 Å². The number of hydrogen-bond acceptors (Lipinski definition) is 2. The minimum atomic E-state index is -0.356. The summed E-state index contributed by atoms with van der Waals surface area (Å²) in [6.07, 6.45) is 0. The lowest BCUT2D eigenvalue weighted by atomic mass is 10.2. The van der Waals surface area contributed by atoms with Gasteiger partial charge in [0.25, 0.3) is 0 Å². The molecule has 98 valence electrons. The normalized spacial score (nSPS) is 10.7. The molecule has 0 aliphatic carbocycles. The van der Waals surface area contributed by atoms with E-state index in [1.165, 1.54) is 4.68 Å². The molecular formula is C15H9BrFN3. The van der Waals surface area contributed by atoms with E-state index in [4.69, 9.17) is 5.26 Å². The lowest BCUT2D eigenvalue weighted by molar-refractivity contribution is 0.625. The van der Waals surface area contributed by atoms with Crippen molar-refractivity contribution in [2.75, 3.05) is 0 Å². The van der Waals surface area contributed by atoms with Crippen molar-refractivity contribution >= 4 is 26.8 Å². The second kappa shape index (κ2) is 4.73. The van der Waals surface area contributed by atoms with E-state index in [-0.39, 0.29) is 5.82 Å². The van der Waals surface area contributed by atoms with Crippen LogP contribution in [-0.2, 0) is 0 Å². The summed E-state index contributed by atoms with van der Waals surface area (Å²) >= 11 is 3.19. The number of benzene rings is 2. The molecule has 0 aliphatic heterocycles. The van der Waals surface area contributed by atoms with Crippen LogP contribution in [-0.4, -0.2) is 9.78 Å². The zero-order valence-corrected chi connectivity index (χ0v) is 12.1. The van der Waals surface area contributed by atoms with E-state index in [9.17, 15) is 4.39 Å². The Labute approximate surface area is 123 Å². The largest absolute Gasteiger partial charge is 0.230 e. The minimum Gasteiger partial charge on any atom is -0.230 e. The van der Waals surface area contributed by atoms with Gasteiger partial charge in [-0.15, -0.1) is 0 Å². The highest BCUT2D eigenvalue weighted by molar-refractivity contribution is 9.10. The van der Waals surface area contributed by atoms with Gasteiger partial charge >= 0.3 is 0 Å². The van der Waals surface area contributed by atoms with E-state index < -0.39 is 0 Å². The van der Waals surface area contributed by atoms with Crippen LogP contribution in [0, 0.1) is 24.1 Å². The number of aryl methyl sites for hydroxylation is 1. The maximum absolute atomic E-state index is 14.4. The molecule has 0 N–H and O–H groups in total.